The molecule has 10 heteroatoms. The summed E-state index contributed by atoms with van der Waals surface area (Å²) in [6, 6.07) is 6.81. The molecule has 0 radical (unpaired) electrons. The van der Waals surface area contributed by atoms with Gasteiger partial charge >= 0.3 is 0 Å². The molecule has 3 aromatic rings. The molecular weight excluding hydrogens is 477 g/mol. The van der Waals surface area contributed by atoms with E-state index in [0.717, 1.165) is 30.5 Å². The molecule has 0 saturated carbocycles. The second-order valence-electron chi connectivity index (χ2n) is 10.2. The molecule has 2 aliphatic rings. The fraction of sp³-hybridized carbons (Fsp3) is 0.519. The maximum absolute atomic E-state index is 15.0. The van der Waals surface area contributed by atoms with Crippen molar-refractivity contribution in [3.05, 3.63) is 52.2 Å². The zero-order valence-corrected chi connectivity index (χ0v) is 21.5. The lowest BCUT2D eigenvalue weighted by Gasteiger charge is -2.32. The highest BCUT2D eigenvalue weighted by molar-refractivity contribution is 5.84. The smallest absolute Gasteiger partial charge is 0.223 e. The number of aliphatic hydroxyl groups is 1. The Balaban J connectivity index is 1.53. The van der Waals surface area contributed by atoms with Gasteiger partial charge in [0.25, 0.3) is 0 Å². The molecule has 0 unspecified atom stereocenters. The van der Waals surface area contributed by atoms with Crippen LogP contribution in [0.4, 0.5) is 10.3 Å². The van der Waals surface area contributed by atoms with Gasteiger partial charge < -0.3 is 24.5 Å². The number of ether oxygens (including phenoxy) is 2. The Labute approximate surface area is 215 Å². The van der Waals surface area contributed by atoms with Crippen LogP contribution in [0.25, 0.3) is 22.2 Å². The van der Waals surface area contributed by atoms with Gasteiger partial charge in [-0.05, 0) is 39.3 Å². The number of nitrogens with one attached hydrogen (secondary N) is 1. The highest BCUT2D eigenvalue weighted by Gasteiger charge is 2.25. The second-order valence-corrected chi connectivity index (χ2v) is 10.2. The summed E-state index contributed by atoms with van der Waals surface area (Å²) in [7, 11) is 0. The second kappa shape index (κ2) is 10.8. The highest BCUT2D eigenvalue weighted by atomic mass is 19.1. The Morgan fingerprint density at radius 2 is 2.11 bits per heavy atom. The number of morpholine rings is 1. The number of fused-ring (bicyclic) bond motifs is 1. The minimum Gasteiger partial charge on any atom is -0.389 e. The molecule has 2 aliphatic heterocycles. The van der Waals surface area contributed by atoms with E-state index in [1.54, 1.807) is 18.2 Å². The molecule has 5 rings (SSSR count). The number of rotatable bonds is 6. The predicted octanol–water partition coefficient (Wildman–Crippen LogP) is 2.96. The van der Waals surface area contributed by atoms with Gasteiger partial charge in [-0.1, -0.05) is 6.07 Å². The van der Waals surface area contributed by atoms with E-state index in [1.165, 1.54) is 0 Å². The topological polar surface area (TPSA) is 102 Å². The third kappa shape index (κ3) is 5.52. The van der Waals surface area contributed by atoms with E-state index >= 15 is 0 Å². The lowest BCUT2D eigenvalue weighted by Crippen LogP contribution is -2.42. The molecule has 0 spiro atoms. The van der Waals surface area contributed by atoms with Crippen LogP contribution < -0.4 is 10.7 Å². The number of benzene rings is 1. The van der Waals surface area contributed by atoms with Crippen LogP contribution >= 0.6 is 0 Å². The molecule has 1 aromatic carbocycles. The minimum absolute atomic E-state index is 0.0613. The van der Waals surface area contributed by atoms with Crippen molar-refractivity contribution < 1.29 is 19.0 Å². The van der Waals surface area contributed by atoms with Crippen molar-refractivity contribution in [3.8, 4) is 11.3 Å². The predicted molar refractivity (Wildman–Crippen MR) is 139 cm³/mol. The van der Waals surface area contributed by atoms with Crippen LogP contribution in [-0.2, 0) is 16.0 Å². The molecule has 37 heavy (non-hydrogen) atoms. The SMILES string of the molecule is CC(C)n1c(CN2CCO[C@@H](C)C2)cc(=O)c2ccc(-c3nc(N[C@@H]4CCOC[C@H]4O)ncc3F)cc21. The average Bonchev–Trinajstić information content (AvgIpc) is 2.86. The summed E-state index contributed by atoms with van der Waals surface area (Å²) in [4.78, 5) is 23.9. The summed E-state index contributed by atoms with van der Waals surface area (Å²) < 4.78 is 28.1. The summed E-state index contributed by atoms with van der Waals surface area (Å²) in [5.41, 5.74) is 2.28. The first-order valence-corrected chi connectivity index (χ1v) is 12.9. The van der Waals surface area contributed by atoms with Gasteiger partial charge in [-0.25, -0.2) is 14.4 Å². The van der Waals surface area contributed by atoms with Crippen LogP contribution in [0.15, 0.2) is 35.3 Å². The van der Waals surface area contributed by atoms with Crippen LogP contribution in [0.1, 0.15) is 38.9 Å². The molecule has 9 nitrogen and oxygen atoms in total. The van der Waals surface area contributed by atoms with Crippen molar-refractivity contribution >= 4 is 16.9 Å². The van der Waals surface area contributed by atoms with E-state index in [0.29, 0.717) is 37.1 Å². The molecule has 198 valence electrons. The first-order valence-electron chi connectivity index (χ1n) is 12.9. The lowest BCUT2D eigenvalue weighted by molar-refractivity contribution is -0.0219. The normalized spacial score (nSPS) is 23.0. The molecule has 0 aliphatic carbocycles. The van der Waals surface area contributed by atoms with Crippen molar-refractivity contribution in [2.24, 2.45) is 0 Å². The third-order valence-electron chi connectivity index (χ3n) is 7.02. The van der Waals surface area contributed by atoms with Crippen LogP contribution in [0.2, 0.25) is 0 Å². The maximum atomic E-state index is 15.0. The molecule has 2 saturated heterocycles. The van der Waals surface area contributed by atoms with Gasteiger partial charge in [0.1, 0.15) is 5.69 Å². The summed E-state index contributed by atoms with van der Waals surface area (Å²) >= 11 is 0. The van der Waals surface area contributed by atoms with Crippen molar-refractivity contribution in [2.45, 2.75) is 58.0 Å². The monoisotopic (exact) mass is 511 g/mol. The number of aliphatic hydroxyl groups excluding tert-OH is 1. The highest BCUT2D eigenvalue weighted by Crippen LogP contribution is 2.28. The van der Waals surface area contributed by atoms with Crippen LogP contribution in [-0.4, -0.2) is 75.7 Å². The first-order chi connectivity index (χ1) is 17.8. The molecule has 2 fully saturated rings. The number of pyridine rings is 1. The number of nitrogens with zero attached hydrogens (tertiary/aromatic N) is 4. The Hall–Kier alpha value is -2.92. The van der Waals surface area contributed by atoms with Gasteiger partial charge in [-0.3, -0.25) is 9.69 Å². The van der Waals surface area contributed by atoms with Crippen molar-refractivity contribution in [1.82, 2.24) is 19.4 Å². The summed E-state index contributed by atoms with van der Waals surface area (Å²) in [6.45, 7) is 9.86. The van der Waals surface area contributed by atoms with Crippen LogP contribution in [0, 0.1) is 5.82 Å². The number of aromatic nitrogens is 3. The van der Waals surface area contributed by atoms with E-state index < -0.39 is 11.9 Å². The average molecular weight is 512 g/mol. The van der Waals surface area contributed by atoms with Gasteiger partial charge in [0.05, 0.1) is 43.2 Å². The van der Waals surface area contributed by atoms with Crippen molar-refractivity contribution in [2.75, 3.05) is 38.2 Å². The quantitative estimate of drug-likeness (QED) is 0.521. The molecular formula is C27H34FN5O4. The largest absolute Gasteiger partial charge is 0.389 e. The fourth-order valence-electron chi connectivity index (χ4n) is 5.23. The van der Waals surface area contributed by atoms with Crippen molar-refractivity contribution in [1.29, 1.82) is 0 Å². The van der Waals surface area contributed by atoms with Crippen LogP contribution in [0.3, 0.4) is 0 Å². The van der Waals surface area contributed by atoms with Gasteiger partial charge in [-0.2, -0.15) is 0 Å². The van der Waals surface area contributed by atoms with Crippen molar-refractivity contribution in [3.63, 3.8) is 0 Å². The van der Waals surface area contributed by atoms with Gasteiger partial charge in [0.15, 0.2) is 11.2 Å². The zero-order valence-electron chi connectivity index (χ0n) is 21.5. The number of anilines is 1. The Morgan fingerprint density at radius 3 is 2.86 bits per heavy atom. The molecule has 4 heterocycles. The number of hydrogen-bond donors (Lipinski definition) is 2. The van der Waals surface area contributed by atoms with Gasteiger partial charge in [0, 0.05) is 55.0 Å². The molecule has 3 atom stereocenters. The Bertz CT molecular complexity index is 1330. The Morgan fingerprint density at radius 1 is 1.27 bits per heavy atom. The standard InChI is InChI=1S/C27H34FN5O4/c1-16(2)33-19(14-32-7-9-37-17(3)13-32)11-24(34)20-5-4-18(10-23(20)33)26-21(28)12-29-27(31-26)30-22-6-8-36-15-25(22)35/h4-5,10-12,16-17,22,25,35H,6-9,13-15H2,1-3H3,(H,29,30,31)/t17-,22+,25+/m0/s1. The maximum Gasteiger partial charge on any atom is 0.223 e. The molecule has 2 aromatic heterocycles. The van der Waals surface area contributed by atoms with Crippen LogP contribution in [0.5, 0.6) is 0 Å². The van der Waals surface area contributed by atoms with Gasteiger partial charge in [0.2, 0.25) is 5.95 Å². The summed E-state index contributed by atoms with van der Waals surface area (Å²) in [5.74, 6) is -0.326. The molecule has 0 bridgehead atoms. The van der Waals surface area contributed by atoms with E-state index in [9.17, 15) is 14.3 Å². The van der Waals surface area contributed by atoms with E-state index in [-0.39, 0.29) is 41.9 Å². The first kappa shape index (κ1) is 25.7. The Kier molecular flexibility index (Phi) is 7.52. The number of hydrogen-bond acceptors (Lipinski definition) is 8. The molecule has 2 N–H and O–H groups in total. The summed E-state index contributed by atoms with van der Waals surface area (Å²) in [5, 5.41) is 13.9. The third-order valence-corrected chi connectivity index (χ3v) is 7.02. The lowest BCUT2D eigenvalue weighted by atomic mass is 10.1. The fourth-order valence-corrected chi connectivity index (χ4v) is 5.23. The van der Waals surface area contributed by atoms with E-state index in [4.69, 9.17) is 9.47 Å². The minimum atomic E-state index is -0.695. The zero-order chi connectivity index (χ0) is 26.1. The summed E-state index contributed by atoms with van der Waals surface area (Å²) in [6.07, 6.45) is 1.18. The van der Waals surface area contributed by atoms with E-state index in [2.05, 4.69) is 45.5 Å². The number of halogens is 1. The van der Waals surface area contributed by atoms with E-state index in [1.807, 2.05) is 6.07 Å². The van der Waals surface area contributed by atoms with Gasteiger partial charge in [-0.15, -0.1) is 0 Å². The molecule has 0 amide bonds.